The molecule has 1 aliphatic rings. The Labute approximate surface area is 105 Å². The zero-order valence-corrected chi connectivity index (χ0v) is 11.4. The number of ether oxygens (including phenoxy) is 2. The SMILES string of the molecule is COCCC(C)C(=O)C(OC)C1CCCCC1. The van der Waals surface area contributed by atoms with Gasteiger partial charge in [0.1, 0.15) is 6.10 Å². The average Bonchev–Trinajstić information content (AvgIpc) is 2.38. The van der Waals surface area contributed by atoms with Crippen LogP contribution >= 0.6 is 0 Å². The van der Waals surface area contributed by atoms with Gasteiger partial charge in [-0.1, -0.05) is 26.2 Å². The first kappa shape index (κ1) is 14.7. The zero-order chi connectivity index (χ0) is 12.7. The fourth-order valence-electron chi connectivity index (χ4n) is 2.70. The normalized spacial score (nSPS) is 21.1. The summed E-state index contributed by atoms with van der Waals surface area (Å²) in [6, 6.07) is 0. The third-order valence-corrected chi connectivity index (χ3v) is 3.85. The molecule has 0 aliphatic heterocycles. The first-order chi connectivity index (χ1) is 8.20. The van der Waals surface area contributed by atoms with Gasteiger partial charge in [0, 0.05) is 26.7 Å². The minimum atomic E-state index is -0.192. The van der Waals surface area contributed by atoms with E-state index < -0.39 is 0 Å². The monoisotopic (exact) mass is 242 g/mol. The summed E-state index contributed by atoms with van der Waals surface area (Å²) in [6.07, 6.45) is 6.67. The highest BCUT2D eigenvalue weighted by Gasteiger charge is 2.31. The fraction of sp³-hybridized carbons (Fsp3) is 0.929. The maximum Gasteiger partial charge on any atom is 0.164 e. The van der Waals surface area contributed by atoms with Crippen LogP contribution < -0.4 is 0 Å². The Hall–Kier alpha value is -0.410. The maximum atomic E-state index is 12.3. The van der Waals surface area contributed by atoms with Crippen molar-refractivity contribution < 1.29 is 14.3 Å². The average molecular weight is 242 g/mol. The Kier molecular flexibility index (Phi) is 6.75. The second kappa shape index (κ2) is 7.83. The van der Waals surface area contributed by atoms with Gasteiger partial charge in [-0.25, -0.2) is 0 Å². The van der Waals surface area contributed by atoms with E-state index in [4.69, 9.17) is 9.47 Å². The Bertz CT molecular complexity index is 222. The smallest absolute Gasteiger partial charge is 0.164 e. The predicted molar refractivity (Wildman–Crippen MR) is 68.0 cm³/mol. The summed E-state index contributed by atoms with van der Waals surface area (Å²) < 4.78 is 10.5. The molecule has 17 heavy (non-hydrogen) atoms. The molecule has 1 rings (SSSR count). The van der Waals surface area contributed by atoms with E-state index in [-0.39, 0.29) is 17.8 Å². The first-order valence-corrected chi connectivity index (χ1v) is 6.76. The molecule has 0 heterocycles. The van der Waals surface area contributed by atoms with Crippen molar-refractivity contribution in [3.05, 3.63) is 0 Å². The quantitative estimate of drug-likeness (QED) is 0.688. The molecular weight excluding hydrogens is 216 g/mol. The molecule has 0 aromatic heterocycles. The lowest BCUT2D eigenvalue weighted by Crippen LogP contribution is -2.36. The largest absolute Gasteiger partial charge is 0.385 e. The maximum absolute atomic E-state index is 12.3. The summed E-state index contributed by atoms with van der Waals surface area (Å²) in [4.78, 5) is 12.3. The van der Waals surface area contributed by atoms with Crippen LogP contribution in [0.1, 0.15) is 45.4 Å². The molecule has 0 amide bonds. The van der Waals surface area contributed by atoms with Gasteiger partial charge >= 0.3 is 0 Å². The lowest BCUT2D eigenvalue weighted by atomic mass is 9.81. The number of hydrogen-bond donors (Lipinski definition) is 0. The van der Waals surface area contributed by atoms with E-state index >= 15 is 0 Å². The second-order valence-corrected chi connectivity index (χ2v) is 5.14. The third kappa shape index (κ3) is 4.40. The van der Waals surface area contributed by atoms with Crippen molar-refractivity contribution in [2.75, 3.05) is 20.8 Å². The number of carbonyl (C=O) groups is 1. The van der Waals surface area contributed by atoms with E-state index in [0.29, 0.717) is 12.5 Å². The number of rotatable bonds is 7. The second-order valence-electron chi connectivity index (χ2n) is 5.14. The van der Waals surface area contributed by atoms with Gasteiger partial charge in [0.25, 0.3) is 0 Å². The highest BCUT2D eigenvalue weighted by molar-refractivity contribution is 5.85. The number of carbonyl (C=O) groups excluding carboxylic acids is 1. The molecule has 3 heteroatoms. The van der Waals surface area contributed by atoms with Crippen LogP contribution in [0, 0.1) is 11.8 Å². The molecule has 1 aliphatic carbocycles. The highest BCUT2D eigenvalue weighted by atomic mass is 16.5. The van der Waals surface area contributed by atoms with Crippen LogP contribution in [0.3, 0.4) is 0 Å². The van der Waals surface area contributed by atoms with E-state index in [2.05, 4.69) is 0 Å². The minimum absolute atomic E-state index is 0.0434. The van der Waals surface area contributed by atoms with Crippen molar-refractivity contribution in [2.24, 2.45) is 11.8 Å². The van der Waals surface area contributed by atoms with Crippen molar-refractivity contribution in [1.29, 1.82) is 0 Å². The minimum Gasteiger partial charge on any atom is -0.385 e. The van der Waals surface area contributed by atoms with Crippen LogP contribution in [0.2, 0.25) is 0 Å². The summed E-state index contributed by atoms with van der Waals surface area (Å²) in [5.74, 6) is 0.740. The van der Waals surface area contributed by atoms with E-state index in [1.807, 2.05) is 6.92 Å². The lowest BCUT2D eigenvalue weighted by molar-refractivity contribution is -0.137. The van der Waals surface area contributed by atoms with Crippen LogP contribution in [0.15, 0.2) is 0 Å². The molecule has 2 atom stereocenters. The predicted octanol–water partition coefficient (Wildman–Crippen LogP) is 2.82. The molecular formula is C14H26O3. The first-order valence-electron chi connectivity index (χ1n) is 6.76. The molecule has 1 fully saturated rings. The molecule has 0 radical (unpaired) electrons. The Morgan fingerprint density at radius 1 is 1.24 bits per heavy atom. The number of ketones is 1. The molecule has 0 saturated heterocycles. The summed E-state index contributed by atoms with van der Waals surface area (Å²) in [5.41, 5.74) is 0. The zero-order valence-electron chi connectivity index (χ0n) is 11.4. The standard InChI is InChI=1S/C14H26O3/c1-11(9-10-16-2)13(15)14(17-3)12-7-5-4-6-8-12/h11-12,14H,4-10H2,1-3H3. The molecule has 0 aromatic rings. The van der Waals surface area contributed by atoms with Gasteiger partial charge in [-0.15, -0.1) is 0 Å². The number of hydrogen-bond acceptors (Lipinski definition) is 3. The van der Waals surface area contributed by atoms with E-state index in [0.717, 1.165) is 19.3 Å². The van der Waals surface area contributed by atoms with Crippen LogP contribution in [0.25, 0.3) is 0 Å². The lowest BCUT2D eigenvalue weighted by Gasteiger charge is -2.29. The third-order valence-electron chi connectivity index (χ3n) is 3.85. The number of Topliss-reactive ketones (excluding diaryl/α,β-unsaturated/α-hetero) is 1. The van der Waals surface area contributed by atoms with Crippen LogP contribution in [0.5, 0.6) is 0 Å². The van der Waals surface area contributed by atoms with Crippen molar-refractivity contribution >= 4 is 5.78 Å². The molecule has 100 valence electrons. The summed E-state index contributed by atoms with van der Waals surface area (Å²) in [5, 5.41) is 0. The Balaban J connectivity index is 2.49. The summed E-state index contributed by atoms with van der Waals surface area (Å²) in [7, 11) is 3.34. The number of methoxy groups -OCH3 is 2. The summed E-state index contributed by atoms with van der Waals surface area (Å²) in [6.45, 7) is 2.63. The molecule has 0 N–H and O–H groups in total. The fourth-order valence-corrected chi connectivity index (χ4v) is 2.70. The van der Waals surface area contributed by atoms with Gasteiger partial charge in [0.05, 0.1) is 0 Å². The van der Waals surface area contributed by atoms with E-state index in [1.54, 1.807) is 14.2 Å². The highest BCUT2D eigenvalue weighted by Crippen LogP contribution is 2.29. The topological polar surface area (TPSA) is 35.5 Å². The summed E-state index contributed by atoms with van der Waals surface area (Å²) >= 11 is 0. The van der Waals surface area contributed by atoms with E-state index in [1.165, 1.54) is 19.3 Å². The van der Waals surface area contributed by atoms with Gasteiger partial charge < -0.3 is 9.47 Å². The Morgan fingerprint density at radius 3 is 2.41 bits per heavy atom. The van der Waals surface area contributed by atoms with Gasteiger partial charge in [-0.3, -0.25) is 4.79 Å². The van der Waals surface area contributed by atoms with E-state index in [9.17, 15) is 4.79 Å². The van der Waals surface area contributed by atoms with Gasteiger partial charge in [-0.2, -0.15) is 0 Å². The Morgan fingerprint density at radius 2 is 1.88 bits per heavy atom. The molecule has 0 spiro atoms. The molecule has 1 saturated carbocycles. The van der Waals surface area contributed by atoms with Crippen LogP contribution in [0.4, 0.5) is 0 Å². The van der Waals surface area contributed by atoms with Crippen LogP contribution in [-0.2, 0) is 14.3 Å². The van der Waals surface area contributed by atoms with Crippen molar-refractivity contribution in [3.63, 3.8) is 0 Å². The van der Waals surface area contributed by atoms with Gasteiger partial charge in [-0.05, 0) is 25.2 Å². The van der Waals surface area contributed by atoms with Crippen molar-refractivity contribution in [3.8, 4) is 0 Å². The molecule has 3 nitrogen and oxygen atoms in total. The van der Waals surface area contributed by atoms with Gasteiger partial charge in [0.15, 0.2) is 5.78 Å². The van der Waals surface area contributed by atoms with Crippen molar-refractivity contribution in [2.45, 2.75) is 51.6 Å². The van der Waals surface area contributed by atoms with Gasteiger partial charge in [0.2, 0.25) is 0 Å². The molecule has 2 unspecified atom stereocenters. The van der Waals surface area contributed by atoms with Crippen molar-refractivity contribution in [1.82, 2.24) is 0 Å². The molecule has 0 bridgehead atoms. The van der Waals surface area contributed by atoms with Crippen LogP contribution in [-0.4, -0.2) is 32.7 Å². The molecule has 0 aromatic carbocycles.